The van der Waals surface area contributed by atoms with Crippen LogP contribution in [0.15, 0.2) is 30.3 Å². The van der Waals surface area contributed by atoms with Gasteiger partial charge in [-0.2, -0.15) is 0 Å². The summed E-state index contributed by atoms with van der Waals surface area (Å²) in [5.41, 5.74) is 2.97. The van der Waals surface area contributed by atoms with Gasteiger partial charge in [0.05, 0.1) is 6.61 Å². The Balaban J connectivity index is 1.91. The number of ketones is 1. The lowest BCUT2D eigenvalue weighted by molar-refractivity contribution is 0.104. The highest BCUT2D eigenvalue weighted by Gasteiger charge is 2.33. The summed E-state index contributed by atoms with van der Waals surface area (Å²) in [5.74, 6) is 2.10. The monoisotopic (exact) mass is 482 g/mol. The molecule has 192 valence electrons. The molecule has 2 aromatic carbocycles. The van der Waals surface area contributed by atoms with Gasteiger partial charge in [0.2, 0.25) is 0 Å². The number of ether oxygens (including phenoxy) is 3. The molecule has 0 atom stereocenters. The molecule has 0 radical (unpaired) electrons. The Morgan fingerprint density at radius 2 is 1.29 bits per heavy atom. The van der Waals surface area contributed by atoms with Crippen molar-refractivity contribution in [2.24, 2.45) is 0 Å². The van der Waals surface area contributed by atoms with Gasteiger partial charge in [0.25, 0.3) is 0 Å². The smallest absolute Gasteiger partial charge is 0.194 e. The van der Waals surface area contributed by atoms with Crippen molar-refractivity contribution in [2.75, 3.05) is 59.1 Å². The SMILES string of the molecule is CCCCOc1cc(OCCN(CC)CC)cc2c1-c1c(OCCN(CC)CC)cccc1C2=O. The molecule has 0 saturated heterocycles. The molecule has 0 fully saturated rings. The molecule has 0 N–H and O–H groups in total. The van der Waals surface area contributed by atoms with Crippen LogP contribution in [0.3, 0.4) is 0 Å². The Hall–Kier alpha value is -2.57. The van der Waals surface area contributed by atoms with E-state index in [1.54, 1.807) is 0 Å². The van der Waals surface area contributed by atoms with E-state index in [0.29, 0.717) is 42.4 Å². The fourth-order valence-electron chi connectivity index (χ4n) is 4.45. The summed E-state index contributed by atoms with van der Waals surface area (Å²) in [6.45, 7) is 18.1. The summed E-state index contributed by atoms with van der Waals surface area (Å²) in [4.78, 5) is 18.1. The molecule has 0 unspecified atom stereocenters. The standard InChI is InChI=1S/C29H42N2O4/c1-6-11-17-34-26-21-22(33-18-15-30(7-2)8-3)20-24-28(26)27-23(29(24)32)13-12-14-25(27)35-19-16-31(9-4)10-5/h12-14,20-21H,6-11,15-19H2,1-5H3. The summed E-state index contributed by atoms with van der Waals surface area (Å²) < 4.78 is 18.6. The van der Waals surface area contributed by atoms with Gasteiger partial charge in [-0.05, 0) is 44.7 Å². The zero-order valence-electron chi connectivity index (χ0n) is 22.2. The molecule has 0 amide bonds. The molecule has 0 bridgehead atoms. The van der Waals surface area contributed by atoms with Crippen LogP contribution in [0.1, 0.15) is 63.4 Å². The molecule has 6 nitrogen and oxygen atoms in total. The van der Waals surface area contributed by atoms with Gasteiger partial charge in [-0.15, -0.1) is 0 Å². The third-order valence-corrected chi connectivity index (χ3v) is 6.73. The molecular formula is C29H42N2O4. The highest BCUT2D eigenvalue weighted by Crippen LogP contribution is 2.49. The van der Waals surface area contributed by atoms with Crippen molar-refractivity contribution in [2.45, 2.75) is 47.5 Å². The van der Waals surface area contributed by atoms with Crippen LogP contribution < -0.4 is 14.2 Å². The van der Waals surface area contributed by atoms with Crippen molar-refractivity contribution in [3.63, 3.8) is 0 Å². The number of fused-ring (bicyclic) bond motifs is 3. The highest BCUT2D eigenvalue weighted by atomic mass is 16.5. The summed E-state index contributed by atoms with van der Waals surface area (Å²) in [6, 6.07) is 9.53. The Bertz CT molecular complexity index is 967. The maximum Gasteiger partial charge on any atom is 0.194 e. The molecule has 0 aliphatic heterocycles. The third-order valence-electron chi connectivity index (χ3n) is 6.73. The molecule has 35 heavy (non-hydrogen) atoms. The van der Waals surface area contributed by atoms with E-state index in [4.69, 9.17) is 14.2 Å². The number of hydrogen-bond acceptors (Lipinski definition) is 6. The minimum Gasteiger partial charge on any atom is -0.493 e. The first-order chi connectivity index (χ1) is 17.1. The maximum absolute atomic E-state index is 13.4. The van der Waals surface area contributed by atoms with E-state index >= 15 is 0 Å². The van der Waals surface area contributed by atoms with Gasteiger partial charge < -0.3 is 24.0 Å². The lowest BCUT2D eigenvalue weighted by Gasteiger charge is -2.20. The number of nitrogens with zero attached hydrogens (tertiary/aromatic N) is 2. The number of likely N-dealkylation sites (N-methyl/N-ethyl adjacent to an activating group) is 2. The molecule has 0 saturated carbocycles. The van der Waals surface area contributed by atoms with Gasteiger partial charge in [-0.25, -0.2) is 0 Å². The number of carbonyl (C=O) groups excluding carboxylic acids is 1. The minimum absolute atomic E-state index is 0.00118. The van der Waals surface area contributed by atoms with E-state index in [2.05, 4.69) is 44.4 Å². The fraction of sp³-hybridized carbons (Fsp3) is 0.552. The van der Waals surface area contributed by atoms with Crippen LogP contribution in [0.4, 0.5) is 0 Å². The molecule has 3 rings (SSSR count). The van der Waals surface area contributed by atoms with E-state index in [1.807, 2.05) is 30.3 Å². The molecule has 0 spiro atoms. The molecule has 6 heteroatoms. The number of benzene rings is 2. The summed E-state index contributed by atoms with van der Waals surface area (Å²) in [6.07, 6.45) is 1.99. The van der Waals surface area contributed by atoms with Crippen molar-refractivity contribution in [1.82, 2.24) is 9.80 Å². The number of hydrogen-bond donors (Lipinski definition) is 0. The number of rotatable bonds is 16. The lowest BCUT2D eigenvalue weighted by atomic mass is 10.0. The minimum atomic E-state index is -0.00118. The quantitative estimate of drug-likeness (QED) is 0.251. The molecule has 0 aromatic heterocycles. The van der Waals surface area contributed by atoms with Crippen molar-refractivity contribution < 1.29 is 19.0 Å². The van der Waals surface area contributed by atoms with Crippen LogP contribution in [0.5, 0.6) is 17.2 Å². The van der Waals surface area contributed by atoms with Crippen molar-refractivity contribution in [1.29, 1.82) is 0 Å². The van der Waals surface area contributed by atoms with Gasteiger partial charge in [0.1, 0.15) is 30.5 Å². The first-order valence-corrected chi connectivity index (χ1v) is 13.3. The normalized spacial score (nSPS) is 12.3. The van der Waals surface area contributed by atoms with Gasteiger partial charge in [0.15, 0.2) is 5.78 Å². The van der Waals surface area contributed by atoms with Crippen LogP contribution >= 0.6 is 0 Å². The predicted octanol–water partition coefficient (Wildman–Crippen LogP) is 5.52. The Labute approximate surface area is 211 Å². The fourth-order valence-corrected chi connectivity index (χ4v) is 4.45. The first-order valence-electron chi connectivity index (χ1n) is 13.3. The second kappa shape index (κ2) is 13.5. The summed E-state index contributed by atoms with van der Waals surface area (Å²) in [5, 5.41) is 0. The summed E-state index contributed by atoms with van der Waals surface area (Å²) >= 11 is 0. The van der Waals surface area contributed by atoms with Crippen LogP contribution in [0, 0.1) is 0 Å². The Kier molecular flexibility index (Phi) is 10.4. The largest absolute Gasteiger partial charge is 0.493 e. The second-order valence-corrected chi connectivity index (χ2v) is 8.80. The third kappa shape index (κ3) is 6.56. The average Bonchev–Trinajstić information content (AvgIpc) is 3.17. The van der Waals surface area contributed by atoms with E-state index in [1.165, 1.54) is 0 Å². The molecule has 0 heterocycles. The molecule has 1 aliphatic rings. The number of unbranched alkanes of at least 4 members (excludes halogenated alkanes) is 1. The molecule has 1 aliphatic carbocycles. The molecular weight excluding hydrogens is 440 g/mol. The maximum atomic E-state index is 13.4. The topological polar surface area (TPSA) is 51.2 Å². The van der Waals surface area contributed by atoms with Crippen molar-refractivity contribution in [3.05, 3.63) is 41.5 Å². The predicted molar refractivity (Wildman–Crippen MR) is 142 cm³/mol. The van der Waals surface area contributed by atoms with Gasteiger partial charge in [-0.3, -0.25) is 4.79 Å². The lowest BCUT2D eigenvalue weighted by Crippen LogP contribution is -2.28. The van der Waals surface area contributed by atoms with Gasteiger partial charge in [0, 0.05) is 41.4 Å². The average molecular weight is 483 g/mol. The van der Waals surface area contributed by atoms with E-state index in [0.717, 1.165) is 69.0 Å². The second-order valence-electron chi connectivity index (χ2n) is 8.80. The van der Waals surface area contributed by atoms with Crippen LogP contribution in [-0.2, 0) is 0 Å². The summed E-state index contributed by atoms with van der Waals surface area (Å²) in [7, 11) is 0. The van der Waals surface area contributed by atoms with Crippen LogP contribution in [-0.4, -0.2) is 74.7 Å². The zero-order chi connectivity index (χ0) is 25.2. The number of carbonyl (C=O) groups is 1. The van der Waals surface area contributed by atoms with Crippen molar-refractivity contribution >= 4 is 5.78 Å². The first kappa shape index (κ1) is 27.0. The van der Waals surface area contributed by atoms with Crippen LogP contribution in [0.25, 0.3) is 11.1 Å². The van der Waals surface area contributed by atoms with E-state index in [-0.39, 0.29) is 5.78 Å². The van der Waals surface area contributed by atoms with E-state index in [9.17, 15) is 4.79 Å². The van der Waals surface area contributed by atoms with E-state index < -0.39 is 0 Å². The van der Waals surface area contributed by atoms with Gasteiger partial charge >= 0.3 is 0 Å². The zero-order valence-corrected chi connectivity index (χ0v) is 22.2. The van der Waals surface area contributed by atoms with Gasteiger partial charge in [-0.1, -0.05) is 53.2 Å². The Morgan fingerprint density at radius 1 is 0.686 bits per heavy atom. The molecule has 2 aromatic rings. The Morgan fingerprint density at radius 3 is 1.91 bits per heavy atom. The van der Waals surface area contributed by atoms with Crippen LogP contribution in [0.2, 0.25) is 0 Å². The van der Waals surface area contributed by atoms with Crippen molar-refractivity contribution in [3.8, 4) is 28.4 Å². The highest BCUT2D eigenvalue weighted by molar-refractivity contribution is 6.23.